The Kier molecular flexibility index (Phi) is 3.94. The molecular weight excluding hydrogens is 281 g/mol. The summed E-state index contributed by atoms with van der Waals surface area (Å²) >= 11 is 1.10. The summed E-state index contributed by atoms with van der Waals surface area (Å²) in [5, 5.41) is 0.494. The van der Waals surface area contributed by atoms with E-state index < -0.39 is 5.97 Å². The van der Waals surface area contributed by atoms with Gasteiger partial charge in [0.05, 0.1) is 7.11 Å². The SMILES string of the molecule is COC(=O)c1nc(-c2ccc(F)cc2C)sc1C(C)=O. The fourth-order valence-electron chi connectivity index (χ4n) is 1.78. The maximum Gasteiger partial charge on any atom is 0.358 e. The third kappa shape index (κ3) is 2.60. The molecule has 0 N–H and O–H groups in total. The van der Waals surface area contributed by atoms with Crippen LogP contribution in [0.4, 0.5) is 4.39 Å². The number of nitrogens with zero attached hydrogens (tertiary/aromatic N) is 1. The van der Waals surface area contributed by atoms with Crippen molar-refractivity contribution >= 4 is 23.1 Å². The zero-order valence-corrected chi connectivity index (χ0v) is 12.0. The Morgan fingerprint density at radius 2 is 2.05 bits per heavy atom. The molecule has 1 aromatic heterocycles. The highest BCUT2D eigenvalue weighted by atomic mass is 32.1. The molecule has 104 valence electrons. The van der Waals surface area contributed by atoms with Crippen LogP contribution in [0.5, 0.6) is 0 Å². The molecule has 20 heavy (non-hydrogen) atoms. The average molecular weight is 293 g/mol. The van der Waals surface area contributed by atoms with E-state index in [1.807, 2.05) is 0 Å². The molecule has 0 aliphatic carbocycles. The zero-order chi connectivity index (χ0) is 14.9. The van der Waals surface area contributed by atoms with Gasteiger partial charge in [-0.3, -0.25) is 4.79 Å². The maximum atomic E-state index is 13.1. The Morgan fingerprint density at radius 1 is 1.35 bits per heavy atom. The topological polar surface area (TPSA) is 56.3 Å². The number of methoxy groups -OCH3 is 1. The van der Waals surface area contributed by atoms with Gasteiger partial charge < -0.3 is 4.74 Å². The van der Waals surface area contributed by atoms with Crippen molar-refractivity contribution in [2.24, 2.45) is 0 Å². The number of carbonyl (C=O) groups excluding carboxylic acids is 2. The second kappa shape index (κ2) is 5.50. The number of ether oxygens (including phenoxy) is 1. The van der Waals surface area contributed by atoms with Crippen LogP contribution in [0.2, 0.25) is 0 Å². The van der Waals surface area contributed by atoms with Crippen molar-refractivity contribution in [1.29, 1.82) is 0 Å². The second-order valence-electron chi connectivity index (χ2n) is 4.20. The Labute approximate surface area is 119 Å². The molecule has 2 rings (SSSR count). The van der Waals surface area contributed by atoms with Gasteiger partial charge in [0.15, 0.2) is 11.5 Å². The number of thiazole rings is 1. The van der Waals surface area contributed by atoms with E-state index in [1.165, 1.54) is 26.2 Å². The molecule has 0 aliphatic heterocycles. The van der Waals surface area contributed by atoms with Gasteiger partial charge in [-0.05, 0) is 30.7 Å². The summed E-state index contributed by atoms with van der Waals surface area (Å²) in [6, 6.07) is 4.27. The van der Waals surface area contributed by atoms with Crippen molar-refractivity contribution in [2.75, 3.05) is 7.11 Å². The van der Waals surface area contributed by atoms with Crippen molar-refractivity contribution in [3.8, 4) is 10.6 Å². The Bertz CT molecular complexity index is 694. The quantitative estimate of drug-likeness (QED) is 0.644. The van der Waals surface area contributed by atoms with Crippen LogP contribution >= 0.6 is 11.3 Å². The van der Waals surface area contributed by atoms with Crippen LogP contribution in [-0.2, 0) is 4.74 Å². The predicted octanol–water partition coefficient (Wildman–Crippen LogP) is 3.25. The highest BCUT2D eigenvalue weighted by Crippen LogP contribution is 2.31. The molecular formula is C14H12FNO3S. The van der Waals surface area contributed by atoms with Crippen molar-refractivity contribution in [2.45, 2.75) is 13.8 Å². The van der Waals surface area contributed by atoms with E-state index in [4.69, 9.17) is 0 Å². The van der Waals surface area contributed by atoms with E-state index >= 15 is 0 Å². The monoisotopic (exact) mass is 293 g/mol. The van der Waals surface area contributed by atoms with Crippen molar-refractivity contribution in [3.63, 3.8) is 0 Å². The van der Waals surface area contributed by atoms with Gasteiger partial charge in [-0.1, -0.05) is 0 Å². The first-order valence-electron chi connectivity index (χ1n) is 5.80. The first kappa shape index (κ1) is 14.3. The summed E-state index contributed by atoms with van der Waals surface area (Å²) in [6.07, 6.45) is 0. The van der Waals surface area contributed by atoms with E-state index in [9.17, 15) is 14.0 Å². The summed E-state index contributed by atoms with van der Waals surface area (Å²) in [5.74, 6) is -1.26. The molecule has 6 heteroatoms. The van der Waals surface area contributed by atoms with Crippen molar-refractivity contribution in [1.82, 2.24) is 4.98 Å². The minimum atomic E-state index is -0.655. The number of halogens is 1. The van der Waals surface area contributed by atoms with Crippen LogP contribution in [0.25, 0.3) is 10.6 Å². The summed E-state index contributed by atoms with van der Waals surface area (Å²) in [6.45, 7) is 3.10. The standard InChI is InChI=1S/C14H12FNO3S/c1-7-6-9(15)4-5-10(7)13-16-11(14(18)19-3)12(20-13)8(2)17/h4-6H,1-3H3. The van der Waals surface area contributed by atoms with Gasteiger partial charge in [-0.25, -0.2) is 14.2 Å². The number of hydrogen-bond acceptors (Lipinski definition) is 5. The van der Waals surface area contributed by atoms with Crippen LogP contribution in [0, 0.1) is 12.7 Å². The molecule has 2 aromatic rings. The number of Topliss-reactive ketones (excluding diaryl/α,β-unsaturated/α-hetero) is 1. The summed E-state index contributed by atoms with van der Waals surface area (Å²) in [5.41, 5.74) is 1.38. The normalized spacial score (nSPS) is 10.4. The molecule has 1 aromatic carbocycles. The predicted molar refractivity (Wildman–Crippen MR) is 73.6 cm³/mol. The summed E-state index contributed by atoms with van der Waals surface area (Å²) in [7, 11) is 1.23. The van der Waals surface area contributed by atoms with Crippen LogP contribution in [0.3, 0.4) is 0 Å². The minimum Gasteiger partial charge on any atom is -0.464 e. The highest BCUT2D eigenvalue weighted by Gasteiger charge is 2.22. The van der Waals surface area contributed by atoms with Crippen LogP contribution in [0.1, 0.15) is 32.6 Å². The van der Waals surface area contributed by atoms with E-state index in [0.29, 0.717) is 16.1 Å². The number of hydrogen-bond donors (Lipinski definition) is 0. The van der Waals surface area contributed by atoms with Gasteiger partial charge in [-0.2, -0.15) is 0 Å². The molecule has 0 spiro atoms. The molecule has 0 radical (unpaired) electrons. The number of esters is 1. The lowest BCUT2D eigenvalue weighted by Gasteiger charge is -2.01. The molecule has 1 heterocycles. The molecule has 0 fully saturated rings. The Hall–Kier alpha value is -2.08. The number of carbonyl (C=O) groups is 2. The van der Waals surface area contributed by atoms with Gasteiger partial charge in [0.2, 0.25) is 0 Å². The zero-order valence-electron chi connectivity index (χ0n) is 11.2. The van der Waals surface area contributed by atoms with E-state index in [0.717, 1.165) is 11.3 Å². The lowest BCUT2D eigenvalue weighted by atomic mass is 10.1. The lowest BCUT2D eigenvalue weighted by Crippen LogP contribution is -2.06. The third-order valence-electron chi connectivity index (χ3n) is 2.74. The lowest BCUT2D eigenvalue weighted by molar-refractivity contribution is 0.0591. The molecule has 0 bridgehead atoms. The molecule has 0 atom stereocenters. The molecule has 0 saturated carbocycles. The van der Waals surface area contributed by atoms with Gasteiger partial charge in [-0.15, -0.1) is 11.3 Å². The summed E-state index contributed by atoms with van der Waals surface area (Å²) < 4.78 is 17.7. The van der Waals surface area contributed by atoms with E-state index in [1.54, 1.807) is 13.0 Å². The fraction of sp³-hybridized carbons (Fsp3) is 0.214. The number of benzene rings is 1. The number of aryl methyl sites for hydroxylation is 1. The minimum absolute atomic E-state index is 0.00345. The second-order valence-corrected chi connectivity index (χ2v) is 5.20. The number of rotatable bonds is 3. The van der Waals surface area contributed by atoms with Gasteiger partial charge in [0.25, 0.3) is 0 Å². The van der Waals surface area contributed by atoms with Gasteiger partial charge in [0.1, 0.15) is 15.7 Å². The molecule has 0 saturated heterocycles. The maximum absolute atomic E-state index is 13.1. The summed E-state index contributed by atoms with van der Waals surface area (Å²) in [4.78, 5) is 27.6. The van der Waals surface area contributed by atoms with Crippen LogP contribution < -0.4 is 0 Å². The number of aromatic nitrogens is 1. The van der Waals surface area contributed by atoms with Crippen molar-refractivity contribution in [3.05, 3.63) is 40.2 Å². The molecule has 0 amide bonds. The first-order valence-corrected chi connectivity index (χ1v) is 6.62. The molecule has 0 unspecified atom stereocenters. The molecule has 0 aliphatic rings. The van der Waals surface area contributed by atoms with E-state index in [2.05, 4.69) is 9.72 Å². The van der Waals surface area contributed by atoms with E-state index in [-0.39, 0.29) is 22.2 Å². The Balaban J connectivity index is 2.58. The van der Waals surface area contributed by atoms with Crippen LogP contribution in [-0.4, -0.2) is 23.8 Å². The van der Waals surface area contributed by atoms with Gasteiger partial charge in [0, 0.05) is 12.5 Å². The average Bonchev–Trinajstić information content (AvgIpc) is 2.82. The highest BCUT2D eigenvalue weighted by molar-refractivity contribution is 7.17. The molecule has 4 nitrogen and oxygen atoms in total. The first-order chi connectivity index (χ1) is 9.43. The largest absolute Gasteiger partial charge is 0.464 e. The number of ketones is 1. The smallest absolute Gasteiger partial charge is 0.358 e. The van der Waals surface area contributed by atoms with Crippen LogP contribution in [0.15, 0.2) is 18.2 Å². The van der Waals surface area contributed by atoms with Gasteiger partial charge >= 0.3 is 5.97 Å². The third-order valence-corrected chi connectivity index (χ3v) is 3.93. The fourth-order valence-corrected chi connectivity index (χ4v) is 2.81. The Morgan fingerprint density at radius 3 is 2.60 bits per heavy atom. The van der Waals surface area contributed by atoms with Crippen molar-refractivity contribution < 1.29 is 18.7 Å².